The Morgan fingerprint density at radius 2 is 2.29 bits per heavy atom. The van der Waals surface area contributed by atoms with Gasteiger partial charge < -0.3 is 4.74 Å². The molecule has 0 saturated carbocycles. The number of azide groups is 1. The number of carbonyl (C=O) groups is 1. The van der Waals surface area contributed by atoms with E-state index in [9.17, 15) is 4.79 Å². The van der Waals surface area contributed by atoms with Crippen molar-refractivity contribution in [2.45, 2.75) is 38.8 Å². The van der Waals surface area contributed by atoms with Crippen LogP contribution in [-0.4, -0.2) is 16.7 Å². The van der Waals surface area contributed by atoms with Crippen molar-refractivity contribution in [1.29, 1.82) is 0 Å². The first-order valence-electron chi connectivity index (χ1n) is 7.40. The van der Waals surface area contributed by atoms with E-state index in [1.807, 2.05) is 44.4 Å². The summed E-state index contributed by atoms with van der Waals surface area (Å²) in [4.78, 5) is 19.0. The van der Waals surface area contributed by atoms with Crippen LogP contribution in [0.3, 0.4) is 0 Å². The van der Waals surface area contributed by atoms with Gasteiger partial charge in [0.05, 0.1) is 6.04 Å². The second-order valence-electron chi connectivity index (χ2n) is 6.12. The molecule has 0 bridgehead atoms. The van der Waals surface area contributed by atoms with E-state index < -0.39 is 11.7 Å². The molecule has 8 heteroatoms. The van der Waals surface area contributed by atoms with Crippen molar-refractivity contribution in [2.24, 2.45) is 5.11 Å². The average Bonchev–Trinajstić information content (AvgIpc) is 2.99. The van der Waals surface area contributed by atoms with E-state index in [4.69, 9.17) is 10.3 Å². The summed E-state index contributed by atoms with van der Waals surface area (Å²) in [6.07, 6.45) is 1.67. The number of thiazole rings is 1. The molecule has 7 nitrogen and oxygen atoms in total. The van der Waals surface area contributed by atoms with Crippen LogP contribution >= 0.6 is 11.3 Å². The zero-order valence-electron chi connectivity index (χ0n) is 13.8. The van der Waals surface area contributed by atoms with Crippen LogP contribution in [0.5, 0.6) is 0 Å². The molecule has 0 aliphatic rings. The summed E-state index contributed by atoms with van der Waals surface area (Å²) in [6, 6.07) is 6.98. The molecule has 0 spiro atoms. The van der Waals surface area contributed by atoms with E-state index in [1.54, 1.807) is 12.3 Å². The van der Waals surface area contributed by atoms with E-state index in [0.717, 1.165) is 10.6 Å². The molecule has 0 aliphatic carbocycles. The third-order valence-corrected chi connectivity index (χ3v) is 3.81. The zero-order chi connectivity index (χ0) is 17.6. The normalized spacial score (nSPS) is 12.1. The van der Waals surface area contributed by atoms with Crippen molar-refractivity contribution in [2.75, 3.05) is 5.32 Å². The van der Waals surface area contributed by atoms with Crippen molar-refractivity contribution < 1.29 is 9.53 Å². The topological polar surface area (TPSA) is 100.0 Å². The molecule has 126 valence electrons. The average molecular weight is 345 g/mol. The van der Waals surface area contributed by atoms with Gasteiger partial charge in [-0.2, -0.15) is 0 Å². The number of hydrogen-bond acceptors (Lipinski definition) is 5. The summed E-state index contributed by atoms with van der Waals surface area (Å²) in [6.45, 7) is 5.42. The molecule has 0 fully saturated rings. The molecule has 2 aromatic rings. The van der Waals surface area contributed by atoms with Gasteiger partial charge >= 0.3 is 6.09 Å². The lowest BCUT2D eigenvalue weighted by Crippen LogP contribution is -2.27. The molecule has 1 atom stereocenters. The maximum absolute atomic E-state index is 11.8. The Morgan fingerprint density at radius 1 is 1.50 bits per heavy atom. The van der Waals surface area contributed by atoms with Crippen LogP contribution in [0.1, 0.15) is 37.4 Å². The fourth-order valence-electron chi connectivity index (χ4n) is 2.06. The lowest BCUT2D eigenvalue weighted by molar-refractivity contribution is 0.0636. The lowest BCUT2D eigenvalue weighted by atomic mass is 10.1. The first kappa shape index (κ1) is 17.8. The van der Waals surface area contributed by atoms with Gasteiger partial charge in [0.2, 0.25) is 0 Å². The van der Waals surface area contributed by atoms with Gasteiger partial charge in [0.1, 0.15) is 10.6 Å². The van der Waals surface area contributed by atoms with Crippen molar-refractivity contribution in [1.82, 2.24) is 4.98 Å². The molecule has 1 aromatic carbocycles. The van der Waals surface area contributed by atoms with Crippen LogP contribution in [0.15, 0.2) is 41.0 Å². The van der Waals surface area contributed by atoms with Crippen molar-refractivity contribution in [3.8, 4) is 0 Å². The smallest absolute Gasteiger partial charge is 0.412 e. The number of nitrogens with one attached hydrogen (secondary N) is 1. The van der Waals surface area contributed by atoms with Crippen LogP contribution in [0, 0.1) is 0 Å². The van der Waals surface area contributed by atoms with E-state index >= 15 is 0 Å². The van der Waals surface area contributed by atoms with Crippen molar-refractivity contribution in [3.05, 3.63) is 56.9 Å². The summed E-state index contributed by atoms with van der Waals surface area (Å²) in [7, 11) is 0. The molecule has 1 amide bonds. The molecule has 0 unspecified atom stereocenters. The maximum atomic E-state index is 11.8. The third-order valence-electron chi connectivity index (χ3n) is 2.93. The number of benzene rings is 1. The fourth-order valence-corrected chi connectivity index (χ4v) is 2.73. The van der Waals surface area contributed by atoms with E-state index in [2.05, 4.69) is 20.3 Å². The van der Waals surface area contributed by atoms with Crippen LogP contribution in [0.2, 0.25) is 0 Å². The predicted octanol–water partition coefficient (Wildman–Crippen LogP) is 5.08. The van der Waals surface area contributed by atoms with Gasteiger partial charge in [-0.3, -0.25) is 5.32 Å². The minimum atomic E-state index is -0.556. The minimum absolute atomic E-state index is 0.369. The van der Waals surface area contributed by atoms with Gasteiger partial charge in [-0.25, -0.2) is 9.78 Å². The predicted molar refractivity (Wildman–Crippen MR) is 94.0 cm³/mol. The summed E-state index contributed by atoms with van der Waals surface area (Å²) in [5.41, 5.74) is 9.75. The van der Waals surface area contributed by atoms with Gasteiger partial charge in [-0.15, -0.1) is 11.3 Å². The van der Waals surface area contributed by atoms with Crippen molar-refractivity contribution in [3.63, 3.8) is 0 Å². The molecule has 1 N–H and O–H groups in total. The number of hydrogen-bond donors (Lipinski definition) is 1. The Hall–Kier alpha value is -2.57. The van der Waals surface area contributed by atoms with Gasteiger partial charge in [0.15, 0.2) is 0 Å². The van der Waals surface area contributed by atoms with Crippen LogP contribution in [-0.2, 0) is 11.2 Å². The second-order valence-corrected chi connectivity index (χ2v) is 7.05. The number of nitrogens with zero attached hydrogens (tertiary/aromatic N) is 4. The standard InChI is InChI=1S/C16H19N5O2S/c1-16(2,3)23-15(22)19-12-6-4-5-11(9-12)10-13(20-21-17)14-18-7-8-24-14/h4-9,13H,10H2,1-3H3,(H,19,22)/t13-/m0/s1. The molecule has 1 aromatic heterocycles. The first-order chi connectivity index (χ1) is 11.4. The number of ether oxygens (including phenoxy) is 1. The second kappa shape index (κ2) is 7.81. The van der Waals surface area contributed by atoms with Gasteiger partial charge in [-0.05, 0) is 50.4 Å². The number of amides is 1. The third kappa shape index (κ3) is 5.57. The lowest BCUT2D eigenvalue weighted by Gasteiger charge is -2.19. The fraction of sp³-hybridized carbons (Fsp3) is 0.375. The molecule has 0 aliphatic heterocycles. The van der Waals surface area contributed by atoms with Crippen LogP contribution < -0.4 is 5.32 Å². The highest BCUT2D eigenvalue weighted by atomic mass is 32.1. The van der Waals surface area contributed by atoms with E-state index in [0.29, 0.717) is 12.1 Å². The summed E-state index contributed by atoms with van der Waals surface area (Å²) < 4.78 is 5.24. The Morgan fingerprint density at radius 3 is 2.92 bits per heavy atom. The minimum Gasteiger partial charge on any atom is -0.444 e. The molecule has 2 rings (SSSR count). The zero-order valence-corrected chi connectivity index (χ0v) is 14.6. The van der Waals surface area contributed by atoms with E-state index in [-0.39, 0.29) is 6.04 Å². The molecule has 1 heterocycles. The Labute approximate surface area is 144 Å². The number of carbonyl (C=O) groups excluding carboxylic acids is 1. The van der Waals surface area contributed by atoms with Gasteiger partial charge in [0.25, 0.3) is 0 Å². The van der Waals surface area contributed by atoms with Crippen LogP contribution in [0.4, 0.5) is 10.5 Å². The SMILES string of the molecule is CC(C)(C)OC(=O)Nc1cccc(C[C@H](N=[N+]=[N-])c2nccs2)c1. The summed E-state index contributed by atoms with van der Waals surface area (Å²) in [5, 5.41) is 9.12. The Kier molecular flexibility index (Phi) is 5.78. The Balaban J connectivity index is 2.09. The molecule has 0 saturated heterocycles. The van der Waals surface area contributed by atoms with E-state index in [1.165, 1.54) is 11.3 Å². The first-order valence-corrected chi connectivity index (χ1v) is 8.28. The maximum Gasteiger partial charge on any atom is 0.412 e. The quantitative estimate of drug-likeness (QED) is 0.464. The highest BCUT2D eigenvalue weighted by Crippen LogP contribution is 2.25. The van der Waals surface area contributed by atoms with Gasteiger partial charge in [-0.1, -0.05) is 17.2 Å². The highest BCUT2D eigenvalue weighted by Gasteiger charge is 2.17. The Bertz CT molecular complexity index is 733. The number of aromatic nitrogens is 1. The highest BCUT2D eigenvalue weighted by molar-refractivity contribution is 7.09. The largest absolute Gasteiger partial charge is 0.444 e. The van der Waals surface area contributed by atoms with Crippen LogP contribution in [0.25, 0.3) is 10.4 Å². The number of rotatable bonds is 5. The summed E-state index contributed by atoms with van der Waals surface area (Å²) in [5.74, 6) is 0. The van der Waals surface area contributed by atoms with Gasteiger partial charge in [0, 0.05) is 22.2 Å². The monoisotopic (exact) mass is 345 g/mol. The number of anilines is 1. The molecular formula is C16H19N5O2S. The molecule has 24 heavy (non-hydrogen) atoms. The molecule has 0 radical (unpaired) electrons. The van der Waals surface area contributed by atoms with Crippen molar-refractivity contribution >= 4 is 23.1 Å². The molecular weight excluding hydrogens is 326 g/mol. The summed E-state index contributed by atoms with van der Waals surface area (Å²) >= 11 is 1.45.